The van der Waals surface area contributed by atoms with Gasteiger partial charge in [-0.2, -0.15) is 0 Å². The zero-order valence-electron chi connectivity index (χ0n) is 15.1. The normalized spacial score (nSPS) is 14.7. The molecule has 0 saturated heterocycles. The molecule has 0 aliphatic carbocycles. The van der Waals surface area contributed by atoms with E-state index >= 15 is 0 Å². The smallest absolute Gasteiger partial charge is 0.303 e. The Morgan fingerprint density at radius 3 is 2.70 bits per heavy atom. The molecule has 0 fully saturated rings. The van der Waals surface area contributed by atoms with Crippen LogP contribution >= 0.6 is 22.7 Å². The summed E-state index contributed by atoms with van der Waals surface area (Å²) < 4.78 is 0. The van der Waals surface area contributed by atoms with E-state index in [-0.39, 0.29) is 6.42 Å². The van der Waals surface area contributed by atoms with Gasteiger partial charge in [-0.25, -0.2) is 9.97 Å². The highest BCUT2D eigenvalue weighted by atomic mass is 32.1. The molecule has 0 amide bonds. The van der Waals surface area contributed by atoms with Gasteiger partial charge in [0.15, 0.2) is 0 Å². The minimum Gasteiger partial charge on any atom is -0.481 e. The number of hydrogen-bond donors (Lipinski definition) is 1. The molecule has 1 aliphatic rings. The van der Waals surface area contributed by atoms with Crippen molar-refractivity contribution < 1.29 is 9.90 Å². The van der Waals surface area contributed by atoms with Gasteiger partial charge in [0.2, 0.25) is 0 Å². The maximum Gasteiger partial charge on any atom is 0.303 e. The second kappa shape index (κ2) is 7.88. The van der Waals surface area contributed by atoms with Crippen LogP contribution in [0.1, 0.15) is 22.6 Å². The molecule has 3 aromatic rings. The monoisotopic (exact) mass is 399 g/mol. The fourth-order valence-corrected chi connectivity index (χ4v) is 5.10. The molecular weight excluding hydrogens is 378 g/mol. The Kier molecular flexibility index (Phi) is 5.33. The average molecular weight is 400 g/mol. The highest BCUT2D eigenvalue weighted by Gasteiger charge is 2.18. The van der Waals surface area contributed by atoms with Crippen molar-refractivity contribution in [2.45, 2.75) is 25.7 Å². The van der Waals surface area contributed by atoms with Crippen molar-refractivity contribution >= 4 is 28.6 Å². The lowest BCUT2D eigenvalue weighted by atomic mass is 10.1. The highest BCUT2D eigenvalue weighted by molar-refractivity contribution is 7.16. The summed E-state index contributed by atoms with van der Waals surface area (Å²) in [5.74, 6) is -0.767. The Morgan fingerprint density at radius 1 is 1.15 bits per heavy atom. The minimum atomic E-state index is -0.767. The molecule has 0 atom stereocenters. The summed E-state index contributed by atoms with van der Waals surface area (Å²) in [4.78, 5) is 24.1. The number of rotatable bonds is 5. The fraction of sp³-hybridized carbons (Fsp3) is 0.350. The number of fused-ring (bicyclic) bond motifs is 1. The third-order valence-corrected chi connectivity index (χ3v) is 6.85. The van der Waals surface area contributed by atoms with Crippen LogP contribution < -0.4 is 0 Å². The van der Waals surface area contributed by atoms with Gasteiger partial charge in [-0.15, -0.1) is 22.7 Å². The number of carboxylic acid groups (broad SMARTS) is 1. The zero-order valence-corrected chi connectivity index (χ0v) is 16.8. The van der Waals surface area contributed by atoms with E-state index in [1.807, 2.05) is 24.3 Å². The van der Waals surface area contributed by atoms with Crippen LogP contribution in [0.5, 0.6) is 0 Å². The number of benzene rings is 1. The number of aromatic nitrogens is 2. The van der Waals surface area contributed by atoms with E-state index in [0.29, 0.717) is 6.42 Å². The molecule has 7 heteroatoms. The molecule has 5 nitrogen and oxygen atoms in total. The number of carbonyl (C=O) groups is 1. The Hall–Kier alpha value is -2.09. The van der Waals surface area contributed by atoms with Crippen LogP contribution in [0.4, 0.5) is 0 Å². The summed E-state index contributed by atoms with van der Waals surface area (Å²) in [7, 11) is 2.16. The van der Waals surface area contributed by atoms with Crippen molar-refractivity contribution in [1.29, 1.82) is 0 Å². The van der Waals surface area contributed by atoms with Gasteiger partial charge in [-0.3, -0.25) is 4.79 Å². The summed E-state index contributed by atoms with van der Waals surface area (Å²) in [5.41, 5.74) is 4.28. The van der Waals surface area contributed by atoms with Crippen LogP contribution in [0.2, 0.25) is 0 Å². The van der Waals surface area contributed by atoms with E-state index in [9.17, 15) is 4.79 Å². The number of carboxylic acids is 1. The predicted molar refractivity (Wildman–Crippen MR) is 110 cm³/mol. The van der Waals surface area contributed by atoms with Gasteiger partial charge in [0.25, 0.3) is 0 Å². The number of aryl methyl sites for hydroxylation is 1. The molecule has 1 N–H and O–H groups in total. The van der Waals surface area contributed by atoms with Crippen LogP contribution in [-0.2, 0) is 24.1 Å². The molecule has 4 rings (SSSR count). The highest BCUT2D eigenvalue weighted by Crippen LogP contribution is 2.33. The third-order valence-electron chi connectivity index (χ3n) is 4.78. The quantitative estimate of drug-likeness (QED) is 0.703. The molecule has 1 aliphatic heterocycles. The second-order valence-electron chi connectivity index (χ2n) is 6.82. The van der Waals surface area contributed by atoms with Crippen molar-refractivity contribution in [1.82, 2.24) is 14.9 Å². The first-order chi connectivity index (χ1) is 13.1. The molecule has 0 bridgehead atoms. The van der Waals surface area contributed by atoms with Gasteiger partial charge in [0.1, 0.15) is 15.7 Å². The first-order valence-corrected chi connectivity index (χ1v) is 10.7. The number of thiazole rings is 2. The lowest BCUT2D eigenvalue weighted by Gasteiger charge is -2.10. The summed E-state index contributed by atoms with van der Waals surface area (Å²) in [6, 6.07) is 8.02. The van der Waals surface area contributed by atoms with Crippen molar-refractivity contribution in [3.05, 3.63) is 45.8 Å². The molecule has 1 aromatic carbocycles. The Morgan fingerprint density at radius 2 is 1.93 bits per heavy atom. The lowest BCUT2D eigenvalue weighted by Crippen LogP contribution is -2.20. The van der Waals surface area contributed by atoms with Gasteiger partial charge in [-0.05, 0) is 25.5 Å². The van der Waals surface area contributed by atoms with Crippen molar-refractivity contribution in [2.24, 2.45) is 0 Å². The number of nitrogens with zero attached hydrogens (tertiary/aromatic N) is 3. The first-order valence-electron chi connectivity index (χ1n) is 9.02. The molecule has 3 heterocycles. The SMILES string of the molecule is CN1CCc2nc(-c3csc(-c4ccc(CCC(=O)O)cc4)n3)sc2CC1. The molecule has 27 heavy (non-hydrogen) atoms. The zero-order chi connectivity index (χ0) is 18.8. The van der Waals surface area contributed by atoms with E-state index in [4.69, 9.17) is 15.1 Å². The molecule has 0 radical (unpaired) electrons. The van der Waals surface area contributed by atoms with E-state index in [2.05, 4.69) is 17.3 Å². The number of aliphatic carboxylic acids is 1. The van der Waals surface area contributed by atoms with Crippen LogP contribution in [0.25, 0.3) is 21.3 Å². The van der Waals surface area contributed by atoms with E-state index in [0.717, 1.165) is 52.8 Å². The summed E-state index contributed by atoms with van der Waals surface area (Å²) in [5, 5.41) is 12.9. The van der Waals surface area contributed by atoms with Crippen LogP contribution in [0.15, 0.2) is 29.6 Å². The van der Waals surface area contributed by atoms with Gasteiger partial charge in [0.05, 0.1) is 5.69 Å². The first kappa shape index (κ1) is 18.3. The van der Waals surface area contributed by atoms with Crippen molar-refractivity contribution in [3.8, 4) is 21.3 Å². The Bertz CT molecular complexity index is 921. The maximum atomic E-state index is 10.7. The number of hydrogen-bond acceptors (Lipinski definition) is 6. The molecular formula is C20H21N3O2S2. The molecule has 2 aromatic heterocycles. The van der Waals surface area contributed by atoms with Crippen LogP contribution in [0.3, 0.4) is 0 Å². The van der Waals surface area contributed by atoms with Crippen molar-refractivity contribution in [3.63, 3.8) is 0 Å². The van der Waals surface area contributed by atoms with Gasteiger partial charge in [-0.1, -0.05) is 24.3 Å². The third kappa shape index (κ3) is 4.26. The molecule has 0 spiro atoms. The summed E-state index contributed by atoms with van der Waals surface area (Å²) in [6.07, 6.45) is 2.79. The topological polar surface area (TPSA) is 66.3 Å². The molecule has 0 saturated carbocycles. The summed E-state index contributed by atoms with van der Waals surface area (Å²) in [6.45, 7) is 2.15. The fourth-order valence-electron chi connectivity index (χ4n) is 3.15. The van der Waals surface area contributed by atoms with Crippen LogP contribution in [0, 0.1) is 0 Å². The second-order valence-corrected chi connectivity index (χ2v) is 8.76. The van der Waals surface area contributed by atoms with Crippen molar-refractivity contribution in [2.75, 3.05) is 20.1 Å². The Labute approximate surface area is 166 Å². The summed E-state index contributed by atoms with van der Waals surface area (Å²) >= 11 is 3.40. The van der Waals surface area contributed by atoms with Gasteiger partial charge >= 0.3 is 5.97 Å². The van der Waals surface area contributed by atoms with Gasteiger partial charge in [0, 0.05) is 41.8 Å². The molecule has 140 valence electrons. The predicted octanol–water partition coefficient (Wildman–Crippen LogP) is 3.98. The lowest BCUT2D eigenvalue weighted by molar-refractivity contribution is -0.136. The maximum absolute atomic E-state index is 10.7. The van der Waals surface area contributed by atoms with E-state index in [1.54, 1.807) is 22.7 Å². The van der Waals surface area contributed by atoms with Gasteiger partial charge < -0.3 is 10.0 Å². The Balaban J connectivity index is 1.50. The van der Waals surface area contributed by atoms with Crippen LogP contribution in [-0.4, -0.2) is 46.1 Å². The molecule has 0 unspecified atom stereocenters. The minimum absolute atomic E-state index is 0.158. The number of likely N-dealkylation sites (N-methyl/N-ethyl adjacent to an activating group) is 1. The standard InChI is InChI=1S/C20H21N3O2S2/c1-23-10-8-15-17(9-11-23)27-20(21-15)16-12-26-19(22-16)14-5-2-13(3-6-14)4-7-18(24)25/h2-3,5-6,12H,4,7-11H2,1H3,(H,24,25). The average Bonchev–Trinajstić information content (AvgIpc) is 3.27. The van der Waals surface area contributed by atoms with E-state index in [1.165, 1.54) is 10.6 Å². The largest absolute Gasteiger partial charge is 0.481 e. The van der Waals surface area contributed by atoms with E-state index < -0.39 is 5.97 Å².